The maximum absolute atomic E-state index is 11.3. The number of nitrogens with two attached hydrogens (primary N) is 1. The highest BCUT2D eigenvalue weighted by molar-refractivity contribution is 6.51. The Hall–Kier alpha value is -1.94. The Morgan fingerprint density at radius 2 is 2.12 bits per heavy atom. The molecule has 4 nitrogen and oxygen atoms in total. The number of rotatable bonds is 3. The van der Waals surface area contributed by atoms with Crippen LogP contribution in [0, 0.1) is 0 Å². The fraction of sp³-hybridized carbons (Fsp3) is 0.167. The molecule has 0 saturated carbocycles. The molecule has 1 amide bonds. The van der Waals surface area contributed by atoms with Gasteiger partial charge in [-0.15, -0.1) is 0 Å². The van der Waals surface area contributed by atoms with E-state index in [0.717, 1.165) is 12.0 Å². The molecule has 0 aromatic heterocycles. The van der Waals surface area contributed by atoms with Gasteiger partial charge in [-0.05, 0) is 30.7 Å². The van der Waals surface area contributed by atoms with Crippen LogP contribution in [0.5, 0.6) is 0 Å². The van der Waals surface area contributed by atoms with Crippen LogP contribution in [0.4, 0.5) is 5.69 Å². The lowest BCUT2D eigenvalue weighted by atomic mass is 10.1. The minimum atomic E-state index is -0.557. The number of ketones is 1. The van der Waals surface area contributed by atoms with Crippen molar-refractivity contribution in [3.05, 3.63) is 35.4 Å². The molecule has 0 aliphatic carbocycles. The molecule has 0 spiro atoms. The minimum absolute atomic E-state index is 0.445. The van der Waals surface area contributed by atoms with Gasteiger partial charge in [0.05, 0.1) is 11.3 Å². The topological polar surface area (TPSA) is 72.2 Å². The zero-order chi connectivity index (χ0) is 11.5. The van der Waals surface area contributed by atoms with E-state index in [0.29, 0.717) is 17.8 Å². The lowest BCUT2D eigenvalue weighted by Crippen LogP contribution is -2.12. The Morgan fingerprint density at radius 1 is 1.31 bits per heavy atom. The largest absolute Gasteiger partial charge is 0.330 e. The number of hydrogen-bond acceptors (Lipinski definition) is 3. The van der Waals surface area contributed by atoms with Gasteiger partial charge in [-0.2, -0.15) is 0 Å². The van der Waals surface area contributed by atoms with Crippen LogP contribution in [0.2, 0.25) is 0 Å². The molecular formula is C12H12N2O2. The summed E-state index contributed by atoms with van der Waals surface area (Å²) in [6.07, 6.45) is 4.69. The maximum Gasteiger partial charge on any atom is 0.296 e. The Kier molecular flexibility index (Phi) is 2.83. The van der Waals surface area contributed by atoms with E-state index in [9.17, 15) is 9.59 Å². The van der Waals surface area contributed by atoms with Gasteiger partial charge in [0.15, 0.2) is 0 Å². The molecule has 3 N–H and O–H groups in total. The predicted molar refractivity (Wildman–Crippen MR) is 62.1 cm³/mol. The van der Waals surface area contributed by atoms with E-state index in [-0.39, 0.29) is 0 Å². The van der Waals surface area contributed by atoms with Crippen LogP contribution in [0.15, 0.2) is 24.3 Å². The summed E-state index contributed by atoms with van der Waals surface area (Å²) in [5, 5.41) is 2.53. The van der Waals surface area contributed by atoms with Crippen LogP contribution in [-0.4, -0.2) is 18.2 Å². The van der Waals surface area contributed by atoms with Gasteiger partial charge in [0, 0.05) is 0 Å². The summed E-state index contributed by atoms with van der Waals surface area (Å²) in [6.45, 7) is 0.608. The van der Waals surface area contributed by atoms with Crippen LogP contribution in [0.3, 0.4) is 0 Å². The molecule has 0 atom stereocenters. The smallest absolute Gasteiger partial charge is 0.296 e. The van der Waals surface area contributed by atoms with Gasteiger partial charge in [0.2, 0.25) is 0 Å². The fourth-order valence-electron chi connectivity index (χ4n) is 1.58. The lowest BCUT2D eigenvalue weighted by Gasteiger charge is -1.98. The molecule has 82 valence electrons. The number of carbonyl (C=O) groups is 2. The first-order valence-electron chi connectivity index (χ1n) is 5.08. The van der Waals surface area contributed by atoms with E-state index in [1.165, 1.54) is 0 Å². The Balaban J connectivity index is 2.25. The second kappa shape index (κ2) is 4.28. The molecule has 1 aliphatic rings. The molecule has 1 aromatic rings. The van der Waals surface area contributed by atoms with Crippen LogP contribution < -0.4 is 11.1 Å². The maximum atomic E-state index is 11.3. The number of Topliss-reactive ketones (excluding diaryl/α,β-unsaturated/α-hetero) is 1. The zero-order valence-electron chi connectivity index (χ0n) is 8.69. The summed E-state index contributed by atoms with van der Waals surface area (Å²) in [4.78, 5) is 22.4. The van der Waals surface area contributed by atoms with E-state index in [2.05, 4.69) is 5.32 Å². The number of carbonyl (C=O) groups excluding carboxylic acids is 2. The van der Waals surface area contributed by atoms with E-state index < -0.39 is 11.7 Å². The monoisotopic (exact) mass is 216 g/mol. The number of hydrogen-bond donors (Lipinski definition) is 2. The number of amides is 1. The average molecular weight is 216 g/mol. The number of fused-ring (bicyclic) bond motifs is 1. The molecular weight excluding hydrogens is 204 g/mol. The fourth-order valence-corrected chi connectivity index (χ4v) is 1.58. The molecule has 0 saturated heterocycles. The Bertz CT molecular complexity index is 478. The normalized spacial score (nSPS) is 14.3. The van der Waals surface area contributed by atoms with Gasteiger partial charge in [0.1, 0.15) is 0 Å². The second-order valence-corrected chi connectivity index (χ2v) is 3.57. The van der Waals surface area contributed by atoms with E-state index >= 15 is 0 Å². The van der Waals surface area contributed by atoms with Crippen molar-refractivity contribution in [2.45, 2.75) is 6.42 Å². The van der Waals surface area contributed by atoms with Crippen LogP contribution >= 0.6 is 0 Å². The third kappa shape index (κ3) is 1.87. The SMILES string of the molecule is NCCC=Cc1ccc2c(c1)NC(=O)C2=O. The zero-order valence-corrected chi connectivity index (χ0v) is 8.69. The third-order valence-electron chi connectivity index (χ3n) is 2.39. The Labute approximate surface area is 93.1 Å². The first kappa shape index (κ1) is 10.6. The summed E-state index contributed by atoms with van der Waals surface area (Å²) in [7, 11) is 0. The second-order valence-electron chi connectivity index (χ2n) is 3.57. The first-order chi connectivity index (χ1) is 7.72. The Morgan fingerprint density at radius 3 is 2.88 bits per heavy atom. The third-order valence-corrected chi connectivity index (χ3v) is 2.39. The van der Waals surface area contributed by atoms with Crippen molar-refractivity contribution in [3.63, 3.8) is 0 Å². The number of benzene rings is 1. The van der Waals surface area contributed by atoms with Crippen molar-refractivity contribution < 1.29 is 9.59 Å². The lowest BCUT2D eigenvalue weighted by molar-refractivity contribution is -0.112. The van der Waals surface area contributed by atoms with Crippen molar-refractivity contribution in [1.29, 1.82) is 0 Å². The quantitative estimate of drug-likeness (QED) is 0.745. The molecule has 1 aromatic carbocycles. The average Bonchev–Trinajstić information content (AvgIpc) is 2.55. The summed E-state index contributed by atoms with van der Waals surface area (Å²) in [5.74, 6) is -1.02. The number of anilines is 1. The van der Waals surface area contributed by atoms with Crippen molar-refractivity contribution in [2.75, 3.05) is 11.9 Å². The van der Waals surface area contributed by atoms with Crippen molar-refractivity contribution in [2.24, 2.45) is 5.73 Å². The highest BCUT2D eigenvalue weighted by Crippen LogP contribution is 2.24. The summed E-state index contributed by atoms with van der Waals surface area (Å²) in [6, 6.07) is 5.26. The standard InChI is InChI=1S/C12H12N2O2/c13-6-2-1-3-8-4-5-9-10(7-8)14-12(16)11(9)15/h1,3-5,7H,2,6,13H2,(H,14,15,16). The summed E-state index contributed by atoms with van der Waals surface area (Å²) in [5.41, 5.74) is 7.35. The summed E-state index contributed by atoms with van der Waals surface area (Å²) < 4.78 is 0. The van der Waals surface area contributed by atoms with Gasteiger partial charge < -0.3 is 11.1 Å². The van der Waals surface area contributed by atoms with Crippen LogP contribution in [0.25, 0.3) is 6.08 Å². The predicted octanol–water partition coefficient (Wildman–Crippen LogP) is 1.18. The molecule has 1 heterocycles. The van der Waals surface area contributed by atoms with Gasteiger partial charge in [-0.1, -0.05) is 18.2 Å². The van der Waals surface area contributed by atoms with Crippen molar-refractivity contribution in [1.82, 2.24) is 0 Å². The van der Waals surface area contributed by atoms with Gasteiger partial charge in [-0.3, -0.25) is 9.59 Å². The molecule has 16 heavy (non-hydrogen) atoms. The van der Waals surface area contributed by atoms with E-state index in [1.54, 1.807) is 12.1 Å². The minimum Gasteiger partial charge on any atom is -0.330 e. The van der Waals surface area contributed by atoms with E-state index in [4.69, 9.17) is 5.73 Å². The van der Waals surface area contributed by atoms with Crippen LogP contribution in [0.1, 0.15) is 22.3 Å². The van der Waals surface area contributed by atoms with Crippen molar-refractivity contribution in [3.8, 4) is 0 Å². The molecule has 1 aliphatic heterocycles. The van der Waals surface area contributed by atoms with Gasteiger partial charge >= 0.3 is 0 Å². The molecule has 0 fully saturated rings. The van der Waals surface area contributed by atoms with Gasteiger partial charge in [0.25, 0.3) is 11.7 Å². The molecule has 4 heteroatoms. The molecule has 2 rings (SSSR count). The van der Waals surface area contributed by atoms with Gasteiger partial charge in [-0.25, -0.2) is 0 Å². The molecule has 0 unspecified atom stereocenters. The summed E-state index contributed by atoms with van der Waals surface area (Å²) >= 11 is 0. The highest BCUT2D eigenvalue weighted by Gasteiger charge is 2.27. The number of nitrogens with one attached hydrogen (secondary N) is 1. The van der Waals surface area contributed by atoms with Crippen molar-refractivity contribution >= 4 is 23.5 Å². The van der Waals surface area contributed by atoms with Crippen LogP contribution in [-0.2, 0) is 4.79 Å². The van der Waals surface area contributed by atoms with E-state index in [1.807, 2.05) is 18.2 Å². The first-order valence-corrected chi connectivity index (χ1v) is 5.08. The molecule has 0 bridgehead atoms. The molecule has 0 radical (unpaired) electrons. The highest BCUT2D eigenvalue weighted by atomic mass is 16.2.